The molecule has 0 radical (unpaired) electrons. The van der Waals surface area contributed by atoms with Crippen LogP contribution >= 0.6 is 0 Å². The Labute approximate surface area is 182 Å². The summed E-state index contributed by atoms with van der Waals surface area (Å²) in [7, 11) is 0. The number of benzene rings is 1. The first-order valence-electron chi connectivity index (χ1n) is 11.2. The van der Waals surface area contributed by atoms with E-state index in [-0.39, 0.29) is 11.8 Å². The van der Waals surface area contributed by atoms with E-state index >= 15 is 0 Å². The highest BCUT2D eigenvalue weighted by molar-refractivity contribution is 5.92. The molecule has 0 bridgehead atoms. The van der Waals surface area contributed by atoms with Crippen molar-refractivity contribution in [2.24, 2.45) is 10.9 Å². The molecule has 0 spiro atoms. The Hall–Kier alpha value is -2.12. The number of rotatable bonds is 15. The molecular weight excluding hydrogens is 380 g/mol. The van der Waals surface area contributed by atoms with Crippen LogP contribution in [0.4, 0.5) is 5.69 Å². The molecule has 170 valence electrons. The van der Waals surface area contributed by atoms with Crippen molar-refractivity contribution in [3.8, 4) is 0 Å². The molecule has 1 amide bonds. The van der Waals surface area contributed by atoms with Crippen LogP contribution in [0.5, 0.6) is 0 Å². The van der Waals surface area contributed by atoms with Crippen LogP contribution in [-0.4, -0.2) is 51.4 Å². The second-order valence-electron chi connectivity index (χ2n) is 7.20. The normalized spacial score (nSPS) is 12.5. The summed E-state index contributed by atoms with van der Waals surface area (Å²) >= 11 is 0. The number of hydrogen-bond acceptors (Lipinski definition) is 4. The molecule has 0 aliphatic carbocycles. The van der Waals surface area contributed by atoms with Crippen molar-refractivity contribution in [1.82, 2.24) is 10.6 Å². The molecule has 1 rings (SSSR count). The van der Waals surface area contributed by atoms with Gasteiger partial charge in [-0.1, -0.05) is 39.3 Å². The maximum absolute atomic E-state index is 12.1. The van der Waals surface area contributed by atoms with Crippen molar-refractivity contribution in [1.29, 1.82) is 0 Å². The fourth-order valence-corrected chi connectivity index (χ4v) is 2.52. The fraction of sp³-hybridized carbons (Fsp3) is 0.652. The van der Waals surface area contributed by atoms with E-state index in [4.69, 9.17) is 9.47 Å². The fourth-order valence-electron chi connectivity index (χ4n) is 2.52. The summed E-state index contributed by atoms with van der Waals surface area (Å²) in [5.74, 6) is 0.791. The smallest absolute Gasteiger partial charge is 0.227 e. The lowest BCUT2D eigenvalue weighted by atomic mass is 10.1. The summed E-state index contributed by atoms with van der Waals surface area (Å²) < 4.78 is 11.0. The standard InChI is InChI=1S/C23H40N4O3/c1-5-8-13-29-15-16-30-14-12-25-23(24-7-3)26-18-20-10-9-11-21(17-20)27-22(28)19(4)6-2/h9-11,17,19H,5-8,12-16,18H2,1-4H3,(H,27,28)(H2,24,25,26). The van der Waals surface area contributed by atoms with Crippen molar-refractivity contribution >= 4 is 17.6 Å². The number of nitrogens with one attached hydrogen (secondary N) is 3. The van der Waals surface area contributed by atoms with E-state index < -0.39 is 0 Å². The minimum absolute atomic E-state index is 0.00126. The Morgan fingerprint density at radius 3 is 2.53 bits per heavy atom. The molecular formula is C23H40N4O3. The Morgan fingerprint density at radius 1 is 1.07 bits per heavy atom. The van der Waals surface area contributed by atoms with Gasteiger partial charge in [0.25, 0.3) is 0 Å². The lowest BCUT2D eigenvalue weighted by Crippen LogP contribution is -2.39. The molecule has 7 heteroatoms. The zero-order chi connectivity index (χ0) is 22.0. The van der Waals surface area contributed by atoms with Crippen molar-refractivity contribution in [3.05, 3.63) is 29.8 Å². The molecule has 1 unspecified atom stereocenters. The average Bonchev–Trinajstić information content (AvgIpc) is 2.75. The lowest BCUT2D eigenvalue weighted by molar-refractivity contribution is -0.119. The number of amides is 1. The van der Waals surface area contributed by atoms with Crippen LogP contribution in [0.15, 0.2) is 29.3 Å². The Morgan fingerprint density at radius 2 is 1.83 bits per heavy atom. The van der Waals surface area contributed by atoms with Gasteiger partial charge in [0.1, 0.15) is 0 Å². The summed E-state index contributed by atoms with van der Waals surface area (Å²) in [6.07, 6.45) is 3.06. The number of guanidine groups is 1. The Kier molecular flexibility index (Phi) is 14.4. The number of carbonyl (C=O) groups excluding carboxylic acids is 1. The van der Waals surface area contributed by atoms with E-state index in [2.05, 4.69) is 27.9 Å². The SMILES string of the molecule is CCCCOCCOCCNC(=NCc1cccc(NC(=O)C(C)CC)c1)NCC. The van der Waals surface area contributed by atoms with Gasteiger partial charge in [-0.25, -0.2) is 4.99 Å². The van der Waals surface area contributed by atoms with Crippen LogP contribution in [0.2, 0.25) is 0 Å². The van der Waals surface area contributed by atoms with E-state index in [0.717, 1.165) is 49.6 Å². The minimum atomic E-state index is 0.00126. The highest BCUT2D eigenvalue weighted by atomic mass is 16.5. The van der Waals surface area contributed by atoms with Crippen molar-refractivity contribution in [2.75, 3.05) is 44.8 Å². The van der Waals surface area contributed by atoms with Gasteiger partial charge in [-0.3, -0.25) is 4.79 Å². The Balaban J connectivity index is 2.41. The predicted molar refractivity (Wildman–Crippen MR) is 124 cm³/mol. The molecule has 3 N–H and O–H groups in total. The van der Waals surface area contributed by atoms with Crippen LogP contribution in [0.3, 0.4) is 0 Å². The van der Waals surface area contributed by atoms with Crippen LogP contribution in [-0.2, 0) is 20.8 Å². The second kappa shape index (κ2) is 16.7. The molecule has 0 fully saturated rings. The number of ether oxygens (including phenoxy) is 2. The summed E-state index contributed by atoms with van der Waals surface area (Å²) in [5, 5.41) is 9.48. The maximum atomic E-state index is 12.1. The summed E-state index contributed by atoms with van der Waals surface area (Å²) in [6, 6.07) is 7.82. The largest absolute Gasteiger partial charge is 0.379 e. The van der Waals surface area contributed by atoms with Gasteiger partial charge in [-0.2, -0.15) is 0 Å². The highest BCUT2D eigenvalue weighted by Crippen LogP contribution is 2.13. The van der Waals surface area contributed by atoms with E-state index in [9.17, 15) is 4.79 Å². The lowest BCUT2D eigenvalue weighted by Gasteiger charge is -2.12. The predicted octanol–water partition coefficient (Wildman–Crippen LogP) is 3.56. The number of carbonyl (C=O) groups is 1. The molecule has 1 aromatic rings. The maximum Gasteiger partial charge on any atom is 0.227 e. The number of anilines is 1. The summed E-state index contributed by atoms with van der Waals surface area (Å²) in [4.78, 5) is 16.7. The number of aliphatic imine (C=N–C) groups is 1. The first-order valence-corrected chi connectivity index (χ1v) is 11.2. The number of nitrogens with zero attached hydrogens (tertiary/aromatic N) is 1. The molecule has 0 saturated heterocycles. The van der Waals surface area contributed by atoms with Gasteiger partial charge < -0.3 is 25.4 Å². The minimum Gasteiger partial charge on any atom is -0.379 e. The molecule has 0 saturated carbocycles. The van der Waals surface area contributed by atoms with Crippen LogP contribution in [0.1, 0.15) is 52.5 Å². The molecule has 1 atom stereocenters. The first-order chi connectivity index (χ1) is 14.6. The van der Waals surface area contributed by atoms with Crippen LogP contribution < -0.4 is 16.0 Å². The van der Waals surface area contributed by atoms with E-state index in [0.29, 0.717) is 32.9 Å². The van der Waals surface area contributed by atoms with Gasteiger partial charge in [0.2, 0.25) is 5.91 Å². The van der Waals surface area contributed by atoms with E-state index in [1.165, 1.54) is 0 Å². The van der Waals surface area contributed by atoms with E-state index in [1.807, 2.05) is 45.0 Å². The third kappa shape index (κ3) is 11.8. The van der Waals surface area contributed by atoms with Gasteiger partial charge in [0.05, 0.1) is 26.4 Å². The van der Waals surface area contributed by atoms with Gasteiger partial charge in [-0.05, 0) is 37.5 Å². The van der Waals surface area contributed by atoms with Crippen molar-refractivity contribution in [2.45, 2.75) is 53.5 Å². The molecule has 0 heterocycles. The topological polar surface area (TPSA) is 84.0 Å². The monoisotopic (exact) mass is 420 g/mol. The summed E-state index contributed by atoms with van der Waals surface area (Å²) in [5.41, 5.74) is 1.84. The van der Waals surface area contributed by atoms with Crippen LogP contribution in [0, 0.1) is 5.92 Å². The zero-order valence-corrected chi connectivity index (χ0v) is 19.1. The molecule has 7 nitrogen and oxygen atoms in total. The molecule has 1 aromatic carbocycles. The quantitative estimate of drug-likeness (QED) is 0.230. The molecule has 30 heavy (non-hydrogen) atoms. The van der Waals surface area contributed by atoms with Gasteiger partial charge >= 0.3 is 0 Å². The Bertz CT molecular complexity index is 622. The third-order valence-electron chi connectivity index (χ3n) is 4.57. The summed E-state index contributed by atoms with van der Waals surface area (Å²) in [6.45, 7) is 12.7. The highest BCUT2D eigenvalue weighted by Gasteiger charge is 2.10. The van der Waals surface area contributed by atoms with Crippen LogP contribution in [0.25, 0.3) is 0 Å². The zero-order valence-electron chi connectivity index (χ0n) is 19.1. The number of unbranched alkanes of at least 4 members (excludes halogenated alkanes) is 1. The first kappa shape index (κ1) is 25.9. The molecule has 0 aliphatic rings. The second-order valence-corrected chi connectivity index (χ2v) is 7.20. The molecule has 0 aliphatic heterocycles. The van der Waals surface area contributed by atoms with E-state index in [1.54, 1.807) is 0 Å². The van der Waals surface area contributed by atoms with Gasteiger partial charge in [0.15, 0.2) is 5.96 Å². The van der Waals surface area contributed by atoms with Crippen molar-refractivity contribution < 1.29 is 14.3 Å². The molecule has 0 aromatic heterocycles. The van der Waals surface area contributed by atoms with Gasteiger partial charge in [-0.15, -0.1) is 0 Å². The number of hydrogen-bond donors (Lipinski definition) is 3. The average molecular weight is 421 g/mol. The van der Waals surface area contributed by atoms with Crippen molar-refractivity contribution in [3.63, 3.8) is 0 Å². The van der Waals surface area contributed by atoms with Gasteiger partial charge in [0, 0.05) is 31.3 Å². The third-order valence-corrected chi connectivity index (χ3v) is 4.57.